The number of nitro groups is 1. The molecule has 7 heteroatoms. The van der Waals surface area contributed by atoms with Gasteiger partial charge in [-0.2, -0.15) is 5.10 Å². The summed E-state index contributed by atoms with van der Waals surface area (Å²) < 4.78 is 4.87. The highest BCUT2D eigenvalue weighted by molar-refractivity contribution is 5.92. The Bertz CT molecular complexity index is 620. The summed E-state index contributed by atoms with van der Waals surface area (Å²) in [4.78, 5) is 21.7. The molecule has 0 fully saturated rings. The van der Waals surface area contributed by atoms with E-state index < -0.39 is 10.8 Å². The van der Waals surface area contributed by atoms with Crippen LogP contribution in [0.1, 0.15) is 16.1 Å². The van der Waals surface area contributed by atoms with Gasteiger partial charge in [0.05, 0.1) is 23.0 Å². The molecule has 0 unspecified atom stereocenters. The zero-order chi connectivity index (χ0) is 13.7. The molecule has 1 aromatic heterocycles. The fraction of sp³-hybridized carbons (Fsp3) is 0. The van der Waals surface area contributed by atoms with Crippen molar-refractivity contribution in [1.29, 1.82) is 0 Å². The van der Waals surface area contributed by atoms with Gasteiger partial charge >= 0.3 is 5.91 Å². The van der Waals surface area contributed by atoms with Crippen LogP contribution < -0.4 is 5.43 Å². The number of amides is 1. The molecular weight excluding hydrogens is 250 g/mol. The molecule has 1 aromatic carbocycles. The van der Waals surface area contributed by atoms with Crippen molar-refractivity contribution in [3.8, 4) is 0 Å². The summed E-state index contributed by atoms with van der Waals surface area (Å²) in [6, 6.07) is 9.13. The van der Waals surface area contributed by atoms with E-state index in [9.17, 15) is 14.9 Å². The summed E-state index contributed by atoms with van der Waals surface area (Å²) in [6.45, 7) is 0. The Kier molecular flexibility index (Phi) is 3.67. The largest absolute Gasteiger partial charge is 0.459 e. The highest BCUT2D eigenvalue weighted by atomic mass is 16.6. The van der Waals surface area contributed by atoms with Gasteiger partial charge in [0.25, 0.3) is 5.69 Å². The van der Waals surface area contributed by atoms with Gasteiger partial charge in [-0.1, -0.05) is 12.1 Å². The van der Waals surface area contributed by atoms with Crippen LogP contribution in [0.2, 0.25) is 0 Å². The van der Waals surface area contributed by atoms with Crippen molar-refractivity contribution in [3.05, 3.63) is 64.1 Å². The third-order valence-electron chi connectivity index (χ3n) is 2.25. The minimum Gasteiger partial charge on any atom is -0.459 e. The summed E-state index contributed by atoms with van der Waals surface area (Å²) in [5, 5.41) is 14.4. The molecule has 0 saturated carbocycles. The molecule has 19 heavy (non-hydrogen) atoms. The van der Waals surface area contributed by atoms with Crippen LogP contribution in [0.15, 0.2) is 52.2 Å². The van der Waals surface area contributed by atoms with Gasteiger partial charge in [-0.15, -0.1) is 0 Å². The van der Waals surface area contributed by atoms with Crippen LogP contribution in [-0.4, -0.2) is 17.0 Å². The van der Waals surface area contributed by atoms with E-state index in [1.807, 2.05) is 0 Å². The number of hydrogen-bond donors (Lipinski definition) is 1. The number of hydrogen-bond acceptors (Lipinski definition) is 5. The second kappa shape index (κ2) is 5.58. The minimum atomic E-state index is -0.528. The Labute approximate surface area is 107 Å². The van der Waals surface area contributed by atoms with Crippen molar-refractivity contribution in [1.82, 2.24) is 5.43 Å². The van der Waals surface area contributed by atoms with E-state index in [4.69, 9.17) is 4.42 Å². The van der Waals surface area contributed by atoms with Gasteiger partial charge in [-0.25, -0.2) is 5.43 Å². The molecule has 0 atom stereocenters. The molecule has 0 aliphatic carbocycles. The zero-order valence-corrected chi connectivity index (χ0v) is 9.65. The lowest BCUT2D eigenvalue weighted by Crippen LogP contribution is -2.16. The molecule has 7 nitrogen and oxygen atoms in total. The Balaban J connectivity index is 2.07. The number of nitro benzene ring substituents is 1. The van der Waals surface area contributed by atoms with Crippen LogP contribution in [0.3, 0.4) is 0 Å². The predicted octanol–water partition coefficient (Wildman–Crippen LogP) is 1.95. The third-order valence-corrected chi connectivity index (χ3v) is 2.25. The number of para-hydroxylation sites is 1. The number of carbonyl (C=O) groups excluding carboxylic acids is 1. The Hall–Kier alpha value is -2.96. The molecule has 0 saturated heterocycles. The first-order chi connectivity index (χ1) is 9.18. The molecule has 0 radical (unpaired) electrons. The van der Waals surface area contributed by atoms with E-state index in [1.165, 1.54) is 30.7 Å². The first-order valence-corrected chi connectivity index (χ1v) is 5.29. The minimum absolute atomic E-state index is 0.0847. The Morgan fingerprint density at radius 2 is 2.11 bits per heavy atom. The standard InChI is InChI=1S/C12H9N3O4/c16-12(11-6-3-7-19-11)14-13-8-9-4-1-2-5-10(9)15(17)18/h1-8H,(H,14,16)/b13-8-. The molecule has 96 valence electrons. The number of carbonyl (C=O) groups is 1. The number of hydrazone groups is 1. The van der Waals surface area contributed by atoms with E-state index >= 15 is 0 Å². The lowest BCUT2D eigenvalue weighted by molar-refractivity contribution is -0.385. The van der Waals surface area contributed by atoms with Crippen LogP contribution >= 0.6 is 0 Å². The normalized spacial score (nSPS) is 10.5. The van der Waals surface area contributed by atoms with Gasteiger partial charge in [0, 0.05) is 6.07 Å². The van der Waals surface area contributed by atoms with Crippen LogP contribution in [0.5, 0.6) is 0 Å². The summed E-state index contributed by atoms with van der Waals surface area (Å²) in [6.07, 6.45) is 2.57. The van der Waals surface area contributed by atoms with Crippen molar-refractivity contribution in [3.63, 3.8) is 0 Å². The number of nitrogens with zero attached hydrogens (tertiary/aromatic N) is 2. The number of rotatable bonds is 4. The second-order valence-corrected chi connectivity index (χ2v) is 3.49. The van der Waals surface area contributed by atoms with Crippen LogP contribution in [0.25, 0.3) is 0 Å². The molecule has 2 rings (SSSR count). The first kappa shape index (κ1) is 12.5. The number of furan rings is 1. The van der Waals surface area contributed by atoms with Crippen molar-refractivity contribution in [2.75, 3.05) is 0 Å². The first-order valence-electron chi connectivity index (χ1n) is 5.29. The molecular formula is C12H9N3O4. The van der Waals surface area contributed by atoms with Crippen LogP contribution in [0.4, 0.5) is 5.69 Å². The van der Waals surface area contributed by atoms with Gasteiger partial charge in [-0.05, 0) is 18.2 Å². The van der Waals surface area contributed by atoms with E-state index in [2.05, 4.69) is 10.5 Å². The summed E-state index contributed by atoms with van der Waals surface area (Å²) in [7, 11) is 0. The molecule has 1 amide bonds. The van der Waals surface area contributed by atoms with E-state index in [-0.39, 0.29) is 11.4 Å². The summed E-state index contributed by atoms with van der Waals surface area (Å²) >= 11 is 0. The zero-order valence-electron chi connectivity index (χ0n) is 9.65. The lowest BCUT2D eigenvalue weighted by Gasteiger charge is -1.97. The third kappa shape index (κ3) is 3.03. The smallest absolute Gasteiger partial charge is 0.307 e. The highest BCUT2D eigenvalue weighted by Crippen LogP contribution is 2.15. The SMILES string of the molecule is O=C(N/N=C\c1ccccc1[N+](=O)[O-])c1ccco1. The van der Waals surface area contributed by atoms with E-state index in [0.29, 0.717) is 5.56 Å². The number of benzene rings is 1. The molecule has 0 bridgehead atoms. The molecule has 0 aliphatic heterocycles. The fourth-order valence-corrected chi connectivity index (χ4v) is 1.39. The van der Waals surface area contributed by atoms with Crippen LogP contribution in [-0.2, 0) is 0 Å². The van der Waals surface area contributed by atoms with Crippen molar-refractivity contribution >= 4 is 17.8 Å². The highest BCUT2D eigenvalue weighted by Gasteiger charge is 2.10. The number of nitrogens with one attached hydrogen (secondary N) is 1. The predicted molar refractivity (Wildman–Crippen MR) is 66.9 cm³/mol. The second-order valence-electron chi connectivity index (χ2n) is 3.49. The van der Waals surface area contributed by atoms with Gasteiger partial charge in [0.15, 0.2) is 5.76 Å². The molecule has 0 aliphatic rings. The van der Waals surface area contributed by atoms with E-state index in [0.717, 1.165) is 0 Å². The van der Waals surface area contributed by atoms with E-state index in [1.54, 1.807) is 18.2 Å². The molecule has 1 heterocycles. The van der Waals surface area contributed by atoms with Crippen molar-refractivity contribution in [2.24, 2.45) is 5.10 Å². The maximum absolute atomic E-state index is 11.5. The Morgan fingerprint density at radius 3 is 2.79 bits per heavy atom. The van der Waals surface area contributed by atoms with Crippen LogP contribution in [0, 0.1) is 10.1 Å². The lowest BCUT2D eigenvalue weighted by atomic mass is 10.2. The molecule has 0 spiro atoms. The summed E-state index contributed by atoms with van der Waals surface area (Å²) in [5.41, 5.74) is 2.43. The fourth-order valence-electron chi connectivity index (χ4n) is 1.39. The molecule has 1 N–H and O–H groups in total. The topological polar surface area (TPSA) is 97.7 Å². The quantitative estimate of drug-likeness (QED) is 0.515. The average Bonchev–Trinajstić information content (AvgIpc) is 2.93. The Morgan fingerprint density at radius 1 is 1.32 bits per heavy atom. The molecule has 2 aromatic rings. The maximum atomic E-state index is 11.5. The van der Waals surface area contributed by atoms with Gasteiger partial charge in [0.1, 0.15) is 0 Å². The maximum Gasteiger partial charge on any atom is 0.307 e. The van der Waals surface area contributed by atoms with Gasteiger partial charge in [0.2, 0.25) is 0 Å². The van der Waals surface area contributed by atoms with Gasteiger partial charge < -0.3 is 4.42 Å². The van der Waals surface area contributed by atoms with Crippen molar-refractivity contribution < 1.29 is 14.1 Å². The van der Waals surface area contributed by atoms with Gasteiger partial charge in [-0.3, -0.25) is 14.9 Å². The average molecular weight is 259 g/mol. The summed E-state index contributed by atoms with van der Waals surface area (Å²) in [5.74, 6) is -0.417. The monoisotopic (exact) mass is 259 g/mol. The van der Waals surface area contributed by atoms with Crippen molar-refractivity contribution in [2.45, 2.75) is 0 Å².